The van der Waals surface area contributed by atoms with Crippen LogP contribution in [0.15, 0.2) is 11.2 Å². The lowest BCUT2D eigenvalue weighted by Gasteiger charge is -2.09. The summed E-state index contributed by atoms with van der Waals surface area (Å²) >= 11 is 3.57. The zero-order valence-electron chi connectivity index (χ0n) is 11.0. The molecule has 18 heavy (non-hydrogen) atoms. The van der Waals surface area contributed by atoms with Gasteiger partial charge in [0.15, 0.2) is 5.96 Å². The zero-order chi connectivity index (χ0) is 12.5. The van der Waals surface area contributed by atoms with E-state index in [4.69, 9.17) is 0 Å². The minimum absolute atomic E-state index is 0. The van der Waals surface area contributed by atoms with Crippen molar-refractivity contribution in [2.75, 3.05) is 25.6 Å². The van der Waals surface area contributed by atoms with Gasteiger partial charge in [-0.1, -0.05) is 6.92 Å². The summed E-state index contributed by atoms with van der Waals surface area (Å²) in [6, 6.07) is 0. The van der Waals surface area contributed by atoms with E-state index >= 15 is 0 Å². The molecule has 0 amide bonds. The Morgan fingerprint density at radius 1 is 1.50 bits per heavy atom. The molecule has 2 N–H and O–H groups in total. The molecule has 0 aromatic carbocycles. The lowest BCUT2D eigenvalue weighted by atomic mass is 10.4. The third-order valence-electron chi connectivity index (χ3n) is 2.18. The van der Waals surface area contributed by atoms with Gasteiger partial charge in [0.2, 0.25) is 0 Å². The third-order valence-corrected chi connectivity index (χ3v) is 3.93. The number of nitrogens with one attached hydrogen (secondary N) is 2. The molecule has 0 saturated carbocycles. The van der Waals surface area contributed by atoms with Gasteiger partial charge in [0.05, 0.1) is 6.54 Å². The Hall–Kier alpha value is -0.0200. The van der Waals surface area contributed by atoms with Crippen LogP contribution in [0, 0.1) is 0 Å². The van der Waals surface area contributed by atoms with Gasteiger partial charge in [-0.25, -0.2) is 4.98 Å². The molecule has 0 aliphatic carbocycles. The van der Waals surface area contributed by atoms with E-state index in [9.17, 15) is 0 Å². The van der Waals surface area contributed by atoms with Gasteiger partial charge in [0, 0.05) is 30.4 Å². The number of thiazole rings is 1. The van der Waals surface area contributed by atoms with Crippen LogP contribution in [0.2, 0.25) is 0 Å². The summed E-state index contributed by atoms with van der Waals surface area (Å²) in [5.74, 6) is 1.92. The molecule has 0 spiro atoms. The van der Waals surface area contributed by atoms with E-state index in [0.717, 1.165) is 36.2 Å². The fourth-order valence-electron chi connectivity index (χ4n) is 1.24. The first-order valence-electron chi connectivity index (χ1n) is 5.67. The van der Waals surface area contributed by atoms with Crippen LogP contribution in [-0.2, 0) is 13.0 Å². The van der Waals surface area contributed by atoms with Crippen molar-refractivity contribution in [3.8, 4) is 0 Å². The highest BCUT2D eigenvalue weighted by Crippen LogP contribution is 2.12. The molecule has 0 saturated heterocycles. The molecule has 1 heterocycles. The summed E-state index contributed by atoms with van der Waals surface area (Å²) < 4.78 is 0. The summed E-state index contributed by atoms with van der Waals surface area (Å²) in [4.78, 5) is 9.85. The first-order valence-corrected chi connectivity index (χ1v) is 7.88. The van der Waals surface area contributed by atoms with Crippen molar-refractivity contribution in [1.82, 2.24) is 15.6 Å². The second kappa shape index (κ2) is 10.9. The number of aliphatic imine (C=N–C) groups is 1. The van der Waals surface area contributed by atoms with Crippen molar-refractivity contribution in [3.05, 3.63) is 16.1 Å². The molecule has 1 aromatic rings. The number of thioether (sulfide) groups is 1. The number of nitrogens with zero attached hydrogens (tertiary/aromatic N) is 2. The predicted octanol–water partition coefficient (Wildman–Crippen LogP) is 2.35. The van der Waals surface area contributed by atoms with Gasteiger partial charge in [-0.3, -0.25) is 4.99 Å². The molecule has 0 unspecified atom stereocenters. The molecule has 4 nitrogen and oxygen atoms in total. The average Bonchev–Trinajstić information content (AvgIpc) is 2.81. The fourth-order valence-corrected chi connectivity index (χ4v) is 2.35. The second-order valence-electron chi connectivity index (χ2n) is 3.42. The molecule has 0 atom stereocenters. The number of hydrogen-bond donors (Lipinski definition) is 2. The normalized spacial score (nSPS) is 10.9. The zero-order valence-corrected chi connectivity index (χ0v) is 15.0. The van der Waals surface area contributed by atoms with E-state index in [0.29, 0.717) is 0 Å². The highest BCUT2D eigenvalue weighted by molar-refractivity contribution is 14.0. The summed E-state index contributed by atoms with van der Waals surface area (Å²) in [7, 11) is 1.79. The Morgan fingerprint density at radius 2 is 2.28 bits per heavy atom. The van der Waals surface area contributed by atoms with Gasteiger partial charge in [-0.2, -0.15) is 11.8 Å². The minimum Gasteiger partial charge on any atom is -0.356 e. The van der Waals surface area contributed by atoms with E-state index in [1.807, 2.05) is 18.0 Å². The minimum atomic E-state index is 0. The lowest BCUT2D eigenvalue weighted by Crippen LogP contribution is -2.37. The van der Waals surface area contributed by atoms with Crippen molar-refractivity contribution in [2.24, 2.45) is 4.99 Å². The van der Waals surface area contributed by atoms with Crippen LogP contribution in [0.3, 0.4) is 0 Å². The fraction of sp³-hybridized carbons (Fsp3) is 0.636. The van der Waals surface area contributed by atoms with Gasteiger partial charge < -0.3 is 10.6 Å². The number of hydrogen-bond acceptors (Lipinski definition) is 4. The maximum atomic E-state index is 4.36. The lowest BCUT2D eigenvalue weighted by molar-refractivity contribution is 0.827. The SMILES string of the molecule is CCc1cnc(CNC(=NC)NCCSC)s1.I. The van der Waals surface area contributed by atoms with Crippen LogP contribution < -0.4 is 10.6 Å². The summed E-state index contributed by atoms with van der Waals surface area (Å²) in [6.45, 7) is 3.82. The topological polar surface area (TPSA) is 49.3 Å². The molecule has 1 aromatic heterocycles. The number of rotatable bonds is 6. The first kappa shape index (κ1) is 18.0. The van der Waals surface area contributed by atoms with Crippen LogP contribution in [-0.4, -0.2) is 36.5 Å². The summed E-state index contributed by atoms with van der Waals surface area (Å²) in [6.07, 6.45) is 5.10. The largest absolute Gasteiger partial charge is 0.356 e. The van der Waals surface area contributed by atoms with Crippen molar-refractivity contribution in [3.63, 3.8) is 0 Å². The highest BCUT2D eigenvalue weighted by Gasteiger charge is 2.01. The number of aromatic nitrogens is 1. The van der Waals surface area contributed by atoms with Crippen molar-refractivity contribution in [1.29, 1.82) is 0 Å². The number of halogens is 1. The van der Waals surface area contributed by atoms with Gasteiger partial charge in [0.1, 0.15) is 5.01 Å². The molecular weight excluding hydrogens is 379 g/mol. The average molecular weight is 400 g/mol. The molecule has 104 valence electrons. The molecule has 0 aliphatic rings. The summed E-state index contributed by atoms with van der Waals surface area (Å²) in [5.41, 5.74) is 0. The highest BCUT2D eigenvalue weighted by atomic mass is 127. The monoisotopic (exact) mass is 400 g/mol. The van der Waals surface area contributed by atoms with Crippen LogP contribution in [0.1, 0.15) is 16.8 Å². The molecule has 0 fully saturated rings. The Balaban J connectivity index is 0.00000289. The molecule has 0 bridgehead atoms. The van der Waals surface area contributed by atoms with E-state index in [1.54, 1.807) is 18.4 Å². The Bertz CT molecular complexity index is 355. The quantitative estimate of drug-likeness (QED) is 0.333. The van der Waals surface area contributed by atoms with Gasteiger partial charge in [-0.05, 0) is 12.7 Å². The molecule has 0 radical (unpaired) electrons. The van der Waals surface area contributed by atoms with Crippen molar-refractivity contribution >= 4 is 53.0 Å². The maximum Gasteiger partial charge on any atom is 0.191 e. The predicted molar refractivity (Wildman–Crippen MR) is 93.5 cm³/mol. The van der Waals surface area contributed by atoms with E-state index in [1.165, 1.54) is 4.88 Å². The maximum absolute atomic E-state index is 4.36. The first-order chi connectivity index (χ1) is 8.30. The second-order valence-corrected chi connectivity index (χ2v) is 5.60. The molecule has 0 aliphatic heterocycles. The Morgan fingerprint density at radius 3 is 2.83 bits per heavy atom. The van der Waals surface area contributed by atoms with Gasteiger partial charge >= 0.3 is 0 Å². The van der Waals surface area contributed by atoms with Crippen molar-refractivity contribution in [2.45, 2.75) is 19.9 Å². The van der Waals surface area contributed by atoms with Crippen LogP contribution in [0.25, 0.3) is 0 Å². The van der Waals surface area contributed by atoms with E-state index < -0.39 is 0 Å². The van der Waals surface area contributed by atoms with Crippen LogP contribution in [0.5, 0.6) is 0 Å². The third kappa shape index (κ3) is 6.79. The van der Waals surface area contributed by atoms with Crippen LogP contribution in [0.4, 0.5) is 0 Å². The van der Waals surface area contributed by atoms with Crippen molar-refractivity contribution < 1.29 is 0 Å². The number of guanidine groups is 1. The Kier molecular flexibility index (Phi) is 10.8. The molecule has 1 rings (SSSR count). The van der Waals surface area contributed by atoms with Crippen LogP contribution >= 0.6 is 47.1 Å². The van der Waals surface area contributed by atoms with Gasteiger partial charge in [-0.15, -0.1) is 35.3 Å². The Labute approximate surface area is 134 Å². The summed E-state index contributed by atoms with van der Waals surface area (Å²) in [5, 5.41) is 7.62. The molecule has 7 heteroatoms. The smallest absolute Gasteiger partial charge is 0.191 e. The number of aryl methyl sites for hydroxylation is 1. The van der Waals surface area contributed by atoms with E-state index in [-0.39, 0.29) is 24.0 Å². The molecular formula is C11H21IN4S2. The van der Waals surface area contributed by atoms with E-state index in [2.05, 4.69) is 33.8 Å². The van der Waals surface area contributed by atoms with Gasteiger partial charge in [0.25, 0.3) is 0 Å². The standard InChI is InChI=1S/C11H20N4S2.HI/c1-4-9-7-14-10(17-9)8-15-11(12-2)13-5-6-16-3;/h7H,4-6,8H2,1-3H3,(H2,12,13,15);1H.